The first-order valence-electron chi connectivity index (χ1n) is 7.62. The number of aromatic amines is 1. The van der Waals surface area contributed by atoms with Gasteiger partial charge in [0, 0.05) is 12.6 Å². The molecule has 1 saturated heterocycles. The second-order valence-electron chi connectivity index (χ2n) is 5.71. The Kier molecular flexibility index (Phi) is 7.76. The Labute approximate surface area is 165 Å². The van der Waals surface area contributed by atoms with Crippen LogP contribution in [0.1, 0.15) is 18.2 Å². The third-order valence-electron chi connectivity index (χ3n) is 3.52. The summed E-state index contributed by atoms with van der Waals surface area (Å²) in [4.78, 5) is 68.3. The molecule has 30 heavy (non-hydrogen) atoms. The van der Waals surface area contributed by atoms with Crippen LogP contribution in [-0.2, 0) is 38.2 Å². The van der Waals surface area contributed by atoms with E-state index < -0.39 is 66.4 Å². The van der Waals surface area contributed by atoms with Gasteiger partial charge in [-0.15, -0.1) is 0 Å². The van der Waals surface area contributed by atoms with Gasteiger partial charge in [0.2, 0.25) is 0 Å². The lowest BCUT2D eigenvalue weighted by molar-refractivity contribution is -0.339. The molecule has 2 rings (SSSR count). The van der Waals surface area contributed by atoms with Gasteiger partial charge in [-0.05, 0) is 0 Å². The first-order valence-corrected chi connectivity index (χ1v) is 12.0. The van der Waals surface area contributed by atoms with E-state index in [0.29, 0.717) is 0 Å². The molecule has 0 bridgehead atoms. The molecule has 0 amide bonds. The van der Waals surface area contributed by atoms with E-state index in [-0.39, 0.29) is 12.0 Å². The summed E-state index contributed by atoms with van der Waals surface area (Å²) in [5.41, 5.74) is -2.02. The van der Waals surface area contributed by atoms with E-state index in [2.05, 4.69) is 13.1 Å². The molecule has 17 nitrogen and oxygen atoms in total. The van der Waals surface area contributed by atoms with E-state index in [1.165, 1.54) is 0 Å². The largest absolute Gasteiger partial charge is 0.790 e. The van der Waals surface area contributed by atoms with Crippen LogP contribution in [0, 0.1) is 0 Å². The zero-order valence-corrected chi connectivity index (χ0v) is 17.1. The number of nitrogens with zero attached hydrogens (tertiary/aromatic N) is 1. The Morgan fingerprint density at radius 1 is 1.17 bits per heavy atom. The molecule has 0 radical (unpaired) electrons. The van der Waals surface area contributed by atoms with Gasteiger partial charge < -0.3 is 43.6 Å². The molecule has 5 unspecified atom stereocenters. The van der Waals surface area contributed by atoms with Gasteiger partial charge in [-0.3, -0.25) is 27.8 Å². The lowest BCUT2D eigenvalue weighted by Gasteiger charge is -2.37. The number of aliphatic hydroxyl groups is 2. The van der Waals surface area contributed by atoms with Gasteiger partial charge in [0.05, 0.1) is 32.7 Å². The predicted octanol–water partition coefficient (Wildman–Crippen LogP) is -4.51. The molecule has 20 heteroatoms. The molecule has 5 atom stereocenters. The highest BCUT2D eigenvalue weighted by Gasteiger charge is 2.37. The quantitative estimate of drug-likeness (QED) is 0.273. The third kappa shape index (κ3) is 7.00. The maximum Gasteiger partial charge on any atom is 0.330 e. The number of aliphatic hydroxyl groups excluding tert-OH is 2. The van der Waals surface area contributed by atoms with Crippen molar-refractivity contribution in [2.75, 3.05) is 6.61 Å². The number of phosphoric acid groups is 3. The number of nitrogens with one attached hydrogen (secondary N) is 1. The third-order valence-corrected chi connectivity index (χ3v) is 7.19. The lowest BCUT2D eigenvalue weighted by Crippen LogP contribution is -2.34. The summed E-state index contributed by atoms with van der Waals surface area (Å²) in [6.45, 7) is -1.76. The normalized spacial score (nSPS) is 26.3. The topological polar surface area (TPSA) is 276 Å². The van der Waals surface area contributed by atoms with Crippen LogP contribution in [0.3, 0.4) is 0 Å². The van der Waals surface area contributed by atoms with Crippen molar-refractivity contribution in [1.29, 1.82) is 0 Å². The van der Waals surface area contributed by atoms with Crippen molar-refractivity contribution in [3.05, 3.63) is 32.6 Å². The molecule has 0 saturated carbocycles. The van der Waals surface area contributed by atoms with Gasteiger partial charge in [0.15, 0.2) is 0 Å². The van der Waals surface area contributed by atoms with Crippen LogP contribution in [0.2, 0.25) is 0 Å². The molecule has 1 aromatic heterocycles. The molecule has 2 heterocycles. The number of hydrogen-bond acceptors (Lipinski definition) is 15. The molecule has 0 aromatic carbocycles. The number of H-pyrrole nitrogens is 1. The van der Waals surface area contributed by atoms with E-state index >= 15 is 0 Å². The highest BCUT2D eigenvalue weighted by atomic mass is 31.3. The second kappa shape index (κ2) is 9.22. The molecule has 1 aliphatic rings. The van der Waals surface area contributed by atoms with E-state index in [9.17, 15) is 48.0 Å². The number of phosphoric ester groups is 1. The molecule has 1 aliphatic heterocycles. The highest BCUT2D eigenvalue weighted by Crippen LogP contribution is 2.60. The van der Waals surface area contributed by atoms with Crippen LogP contribution in [0.4, 0.5) is 0 Å². The summed E-state index contributed by atoms with van der Waals surface area (Å²) in [5, 5.41) is 19.0. The molecule has 1 fully saturated rings. The number of rotatable bonds is 9. The Bertz CT molecular complexity index is 1030. The molecule has 172 valence electrons. The zero-order chi connectivity index (χ0) is 22.9. The first-order chi connectivity index (χ1) is 13.6. The summed E-state index contributed by atoms with van der Waals surface area (Å²) in [6, 6.07) is 0. The second-order valence-corrected chi connectivity index (χ2v) is 9.96. The maximum atomic E-state index is 11.9. The molecular weight excluding hydrogens is 481 g/mol. The minimum atomic E-state index is -6.14. The minimum Gasteiger partial charge on any atom is -0.790 e. The van der Waals surface area contributed by atoms with Crippen LogP contribution in [0.25, 0.3) is 0 Å². The Balaban J connectivity index is 2.05. The fraction of sp³-hybridized carbons (Fsp3) is 0.600. The van der Waals surface area contributed by atoms with E-state index in [0.717, 1.165) is 10.8 Å². The van der Waals surface area contributed by atoms with Crippen molar-refractivity contribution in [3.8, 4) is 0 Å². The average Bonchev–Trinajstić information content (AvgIpc) is 2.90. The zero-order valence-electron chi connectivity index (χ0n) is 14.4. The summed E-state index contributed by atoms with van der Waals surface area (Å²) in [5.74, 6) is 0. The number of hydrogen-bond donors (Lipinski definition) is 3. The standard InChI is InChI=1S/C10H17N2O15P3/c13-3-5-2-12(10(16)11-9(5)15)8-1-6(14)7(25-8)4-24-29(20,21)27-30(22,23)26-28(17,18)19/h2,6-8,13-14H,1,3-4H2,(H,20,21)(H,22,23)(H,11,15,16)(H2,17,18,19)/p-4. The predicted molar refractivity (Wildman–Crippen MR) is 82.7 cm³/mol. The van der Waals surface area contributed by atoms with Crippen molar-refractivity contribution in [1.82, 2.24) is 9.55 Å². The Morgan fingerprint density at radius 3 is 2.37 bits per heavy atom. The van der Waals surface area contributed by atoms with E-state index in [1.807, 2.05) is 4.98 Å². The average molecular weight is 494 g/mol. The van der Waals surface area contributed by atoms with Crippen molar-refractivity contribution >= 4 is 23.5 Å². The molecule has 1 aromatic rings. The monoisotopic (exact) mass is 494 g/mol. The van der Waals surface area contributed by atoms with Gasteiger partial charge in [0.25, 0.3) is 21.2 Å². The van der Waals surface area contributed by atoms with Crippen molar-refractivity contribution < 1.29 is 61.4 Å². The lowest BCUT2D eigenvalue weighted by atomic mass is 10.2. The fourth-order valence-electron chi connectivity index (χ4n) is 2.34. The fourth-order valence-corrected chi connectivity index (χ4v) is 5.20. The Hall–Kier alpha value is -1.03. The molecular formula is C10H13N2O15P3-4. The van der Waals surface area contributed by atoms with Crippen LogP contribution in [0.5, 0.6) is 0 Å². The highest BCUT2D eigenvalue weighted by molar-refractivity contribution is 7.64. The van der Waals surface area contributed by atoms with Crippen molar-refractivity contribution in [2.45, 2.75) is 31.5 Å². The van der Waals surface area contributed by atoms with Gasteiger partial charge in [-0.25, -0.2) is 9.11 Å². The van der Waals surface area contributed by atoms with Gasteiger partial charge >= 0.3 is 5.69 Å². The van der Waals surface area contributed by atoms with E-state index in [1.54, 1.807) is 0 Å². The number of aromatic nitrogens is 2. The van der Waals surface area contributed by atoms with Gasteiger partial charge in [-0.1, -0.05) is 0 Å². The summed E-state index contributed by atoms with van der Waals surface area (Å²) in [7, 11) is -18.1. The SMILES string of the molecule is O=c1[nH]c(=O)n(C2CC(O)C(COP(=O)([O-])OP(=O)([O-])OP(=O)([O-])[O-])O2)cc1CO. The van der Waals surface area contributed by atoms with E-state index in [4.69, 9.17) is 9.84 Å². The van der Waals surface area contributed by atoms with Gasteiger partial charge in [-0.2, -0.15) is 0 Å². The van der Waals surface area contributed by atoms with Crippen LogP contribution >= 0.6 is 23.5 Å². The van der Waals surface area contributed by atoms with Gasteiger partial charge in [0.1, 0.15) is 12.3 Å². The van der Waals surface area contributed by atoms with Crippen molar-refractivity contribution in [2.24, 2.45) is 0 Å². The molecule has 0 spiro atoms. The smallest absolute Gasteiger partial charge is 0.330 e. The maximum absolute atomic E-state index is 11.9. The summed E-state index contributed by atoms with van der Waals surface area (Å²) >= 11 is 0. The van der Waals surface area contributed by atoms with Crippen LogP contribution in [0.15, 0.2) is 15.8 Å². The Morgan fingerprint density at radius 2 is 1.80 bits per heavy atom. The van der Waals surface area contributed by atoms with Crippen LogP contribution < -0.4 is 30.8 Å². The number of ether oxygens (including phenoxy) is 1. The first kappa shape index (κ1) is 25.2. The summed E-state index contributed by atoms with van der Waals surface area (Å²) in [6.07, 6.45) is -3.46. The minimum absolute atomic E-state index is 0.204. The molecule has 0 aliphatic carbocycles. The van der Waals surface area contributed by atoms with Crippen molar-refractivity contribution in [3.63, 3.8) is 0 Å². The summed E-state index contributed by atoms with van der Waals surface area (Å²) < 4.78 is 49.4. The van der Waals surface area contributed by atoms with Crippen LogP contribution in [-0.4, -0.2) is 38.6 Å². The molecule has 3 N–H and O–H groups in total.